The number of amides is 2. The van der Waals surface area contributed by atoms with Gasteiger partial charge in [-0.2, -0.15) is 0 Å². The summed E-state index contributed by atoms with van der Waals surface area (Å²) in [6, 6.07) is 3.92. The molecule has 3 rings (SSSR count). The SMILES string of the molecule is Cc1nc(CNC(=O)N2CCO[C@H](c3cccs3)C2)oc1C. The molecule has 1 N–H and O–H groups in total. The second kappa shape index (κ2) is 6.50. The highest BCUT2D eigenvalue weighted by atomic mass is 32.1. The molecular weight excluding hydrogens is 302 g/mol. The highest BCUT2D eigenvalue weighted by molar-refractivity contribution is 7.10. The molecule has 0 spiro atoms. The Morgan fingerprint density at radius 3 is 3.09 bits per heavy atom. The molecule has 0 aromatic carbocycles. The zero-order valence-electron chi connectivity index (χ0n) is 12.7. The van der Waals surface area contributed by atoms with E-state index in [1.807, 2.05) is 31.4 Å². The summed E-state index contributed by atoms with van der Waals surface area (Å²) in [5.74, 6) is 1.32. The Kier molecular flexibility index (Phi) is 4.44. The van der Waals surface area contributed by atoms with Crippen LogP contribution in [0.4, 0.5) is 4.79 Å². The highest BCUT2D eigenvalue weighted by Crippen LogP contribution is 2.26. The first kappa shape index (κ1) is 15.1. The van der Waals surface area contributed by atoms with Gasteiger partial charge in [-0.15, -0.1) is 11.3 Å². The van der Waals surface area contributed by atoms with Crippen molar-refractivity contribution in [2.24, 2.45) is 0 Å². The summed E-state index contributed by atoms with van der Waals surface area (Å²) in [4.78, 5) is 19.5. The summed E-state index contributed by atoms with van der Waals surface area (Å²) >= 11 is 1.65. The van der Waals surface area contributed by atoms with Gasteiger partial charge >= 0.3 is 6.03 Å². The van der Waals surface area contributed by atoms with E-state index in [1.165, 1.54) is 0 Å². The monoisotopic (exact) mass is 321 g/mol. The average Bonchev–Trinajstić information content (AvgIpc) is 3.16. The van der Waals surface area contributed by atoms with Crippen LogP contribution in [0.25, 0.3) is 0 Å². The van der Waals surface area contributed by atoms with Gasteiger partial charge in [0.05, 0.1) is 25.4 Å². The van der Waals surface area contributed by atoms with Gasteiger partial charge in [-0.1, -0.05) is 6.07 Å². The third kappa shape index (κ3) is 3.31. The molecule has 1 saturated heterocycles. The van der Waals surface area contributed by atoms with Gasteiger partial charge in [0.2, 0.25) is 5.89 Å². The predicted octanol–water partition coefficient (Wildman–Crippen LogP) is 2.64. The smallest absolute Gasteiger partial charge is 0.318 e. The maximum Gasteiger partial charge on any atom is 0.318 e. The van der Waals surface area contributed by atoms with Gasteiger partial charge in [0, 0.05) is 11.4 Å². The van der Waals surface area contributed by atoms with Crippen molar-refractivity contribution >= 4 is 17.4 Å². The van der Waals surface area contributed by atoms with Crippen LogP contribution in [0.5, 0.6) is 0 Å². The number of aromatic nitrogens is 1. The van der Waals surface area contributed by atoms with Crippen molar-refractivity contribution in [2.45, 2.75) is 26.5 Å². The number of carbonyl (C=O) groups excluding carboxylic acids is 1. The largest absolute Gasteiger partial charge is 0.444 e. The molecule has 1 aliphatic rings. The van der Waals surface area contributed by atoms with Crippen molar-refractivity contribution in [1.29, 1.82) is 0 Å². The van der Waals surface area contributed by atoms with Crippen LogP contribution in [0.3, 0.4) is 0 Å². The minimum atomic E-state index is -0.113. The summed E-state index contributed by atoms with van der Waals surface area (Å²) in [5, 5.41) is 4.87. The summed E-state index contributed by atoms with van der Waals surface area (Å²) in [7, 11) is 0. The Hall–Kier alpha value is -1.86. The molecule has 22 heavy (non-hydrogen) atoms. The van der Waals surface area contributed by atoms with Gasteiger partial charge in [-0.05, 0) is 25.3 Å². The maximum atomic E-state index is 12.3. The number of ether oxygens (including phenoxy) is 1. The molecule has 3 heterocycles. The lowest BCUT2D eigenvalue weighted by Gasteiger charge is -2.32. The molecule has 6 nitrogen and oxygen atoms in total. The van der Waals surface area contributed by atoms with Crippen molar-refractivity contribution in [1.82, 2.24) is 15.2 Å². The zero-order valence-corrected chi connectivity index (χ0v) is 13.5. The minimum Gasteiger partial charge on any atom is -0.444 e. The van der Waals surface area contributed by atoms with Crippen molar-refractivity contribution in [3.63, 3.8) is 0 Å². The van der Waals surface area contributed by atoms with Crippen LogP contribution in [0.1, 0.15) is 28.3 Å². The highest BCUT2D eigenvalue weighted by Gasteiger charge is 2.26. The Balaban J connectivity index is 1.55. The number of hydrogen-bond acceptors (Lipinski definition) is 5. The van der Waals surface area contributed by atoms with Crippen LogP contribution in [-0.4, -0.2) is 35.6 Å². The fourth-order valence-corrected chi connectivity index (χ4v) is 3.12. The van der Waals surface area contributed by atoms with E-state index in [9.17, 15) is 4.79 Å². The number of nitrogens with zero attached hydrogens (tertiary/aromatic N) is 2. The molecule has 7 heteroatoms. The lowest BCUT2D eigenvalue weighted by molar-refractivity contribution is -0.0136. The second-order valence-electron chi connectivity index (χ2n) is 5.23. The number of oxazole rings is 1. The molecule has 2 aromatic rings. The first-order valence-corrected chi connectivity index (χ1v) is 8.12. The fourth-order valence-electron chi connectivity index (χ4n) is 2.36. The minimum absolute atomic E-state index is 0.0364. The van der Waals surface area contributed by atoms with Crippen molar-refractivity contribution < 1.29 is 13.9 Å². The van der Waals surface area contributed by atoms with Gasteiger partial charge in [0.1, 0.15) is 11.9 Å². The molecule has 0 saturated carbocycles. The maximum absolute atomic E-state index is 12.3. The molecule has 0 bridgehead atoms. The normalized spacial score (nSPS) is 18.5. The van der Waals surface area contributed by atoms with E-state index in [-0.39, 0.29) is 12.1 Å². The average molecular weight is 321 g/mol. The van der Waals surface area contributed by atoms with Gasteiger partial charge < -0.3 is 19.4 Å². The van der Waals surface area contributed by atoms with Crippen LogP contribution in [-0.2, 0) is 11.3 Å². The van der Waals surface area contributed by atoms with E-state index in [4.69, 9.17) is 9.15 Å². The third-order valence-corrected chi connectivity index (χ3v) is 4.64. The van der Waals surface area contributed by atoms with Crippen LogP contribution in [0.15, 0.2) is 21.9 Å². The van der Waals surface area contributed by atoms with E-state index in [2.05, 4.69) is 10.3 Å². The fraction of sp³-hybridized carbons (Fsp3) is 0.467. The number of thiophene rings is 1. The summed E-state index contributed by atoms with van der Waals surface area (Å²) in [6.07, 6.45) is -0.0364. The number of rotatable bonds is 3. The Morgan fingerprint density at radius 1 is 1.55 bits per heavy atom. The molecule has 1 aliphatic heterocycles. The van der Waals surface area contributed by atoms with E-state index >= 15 is 0 Å². The quantitative estimate of drug-likeness (QED) is 0.943. The van der Waals surface area contributed by atoms with E-state index in [0.717, 1.165) is 16.3 Å². The lowest BCUT2D eigenvalue weighted by atomic mass is 10.2. The first-order chi connectivity index (χ1) is 10.6. The van der Waals surface area contributed by atoms with Crippen molar-refractivity contribution in [3.05, 3.63) is 39.7 Å². The van der Waals surface area contributed by atoms with E-state index in [0.29, 0.717) is 32.1 Å². The van der Waals surface area contributed by atoms with Crippen molar-refractivity contribution in [2.75, 3.05) is 19.7 Å². The Morgan fingerprint density at radius 2 is 2.41 bits per heavy atom. The van der Waals surface area contributed by atoms with Crippen LogP contribution in [0, 0.1) is 13.8 Å². The molecule has 118 valence electrons. The van der Waals surface area contributed by atoms with Gasteiger partial charge in [0.15, 0.2) is 0 Å². The van der Waals surface area contributed by atoms with E-state index < -0.39 is 0 Å². The third-order valence-electron chi connectivity index (χ3n) is 3.68. The number of carbonyl (C=O) groups is 1. The van der Waals surface area contributed by atoms with Crippen LogP contribution in [0.2, 0.25) is 0 Å². The number of hydrogen-bond donors (Lipinski definition) is 1. The topological polar surface area (TPSA) is 67.6 Å². The number of urea groups is 1. The molecule has 1 atom stereocenters. The second-order valence-corrected chi connectivity index (χ2v) is 6.21. The van der Waals surface area contributed by atoms with Gasteiger partial charge in [-0.25, -0.2) is 9.78 Å². The summed E-state index contributed by atoms with van der Waals surface area (Å²) in [6.45, 7) is 5.76. The first-order valence-electron chi connectivity index (χ1n) is 7.24. The molecular formula is C15H19N3O3S. The molecule has 2 amide bonds. The lowest BCUT2D eigenvalue weighted by Crippen LogP contribution is -2.46. The molecule has 1 fully saturated rings. The zero-order chi connectivity index (χ0) is 15.5. The van der Waals surface area contributed by atoms with Gasteiger partial charge in [-0.3, -0.25) is 0 Å². The van der Waals surface area contributed by atoms with E-state index in [1.54, 1.807) is 16.2 Å². The number of morpholine rings is 1. The standard InChI is InChI=1S/C15H19N3O3S/c1-10-11(2)21-14(17-10)8-16-15(19)18-5-6-20-12(9-18)13-4-3-7-22-13/h3-4,7,12H,5-6,8-9H2,1-2H3,(H,16,19)/t12-/m0/s1. The molecule has 2 aromatic heterocycles. The Bertz CT molecular complexity index is 619. The summed E-state index contributed by atoms with van der Waals surface area (Å²) < 4.78 is 11.2. The Labute approximate surface area is 133 Å². The van der Waals surface area contributed by atoms with Crippen molar-refractivity contribution in [3.8, 4) is 0 Å². The van der Waals surface area contributed by atoms with Crippen LogP contribution >= 0.6 is 11.3 Å². The molecule has 0 aliphatic carbocycles. The molecule has 0 unspecified atom stereocenters. The number of nitrogens with one attached hydrogen (secondary N) is 1. The predicted molar refractivity (Wildman–Crippen MR) is 82.8 cm³/mol. The number of aryl methyl sites for hydroxylation is 2. The summed E-state index contributed by atoms with van der Waals surface area (Å²) in [5.41, 5.74) is 0.855. The van der Waals surface area contributed by atoms with Gasteiger partial charge in [0.25, 0.3) is 0 Å². The molecule has 0 radical (unpaired) electrons. The van der Waals surface area contributed by atoms with Crippen LogP contribution < -0.4 is 5.32 Å².